The van der Waals surface area contributed by atoms with E-state index in [1.807, 2.05) is 43.3 Å². The number of carboxylic acids is 1. The molecule has 0 spiro atoms. The average molecular weight is 500 g/mol. The molecule has 1 aliphatic heterocycles. The first-order chi connectivity index (χ1) is 16.8. The highest BCUT2D eigenvalue weighted by atomic mass is 32.2. The van der Waals surface area contributed by atoms with Gasteiger partial charge in [-0.2, -0.15) is 0 Å². The lowest BCUT2D eigenvalue weighted by Gasteiger charge is -2.16. The van der Waals surface area contributed by atoms with Gasteiger partial charge in [-0.15, -0.1) is 0 Å². The third-order valence-electron chi connectivity index (χ3n) is 5.72. The van der Waals surface area contributed by atoms with Crippen LogP contribution in [-0.2, 0) is 19.1 Å². The van der Waals surface area contributed by atoms with Crippen molar-refractivity contribution in [2.24, 2.45) is 5.92 Å². The highest BCUT2D eigenvalue weighted by Crippen LogP contribution is 2.33. The van der Waals surface area contributed by atoms with E-state index < -0.39 is 23.8 Å². The monoisotopic (exact) mass is 499 g/mol. The van der Waals surface area contributed by atoms with Crippen LogP contribution in [0.1, 0.15) is 51.5 Å². The molecule has 2 aromatic rings. The third-order valence-corrected chi connectivity index (χ3v) is 6.53. The number of carbonyl (C=O) groups is 4. The summed E-state index contributed by atoms with van der Waals surface area (Å²) in [5.41, 5.74) is 0.810. The topological polar surface area (TPSA) is 119 Å². The van der Waals surface area contributed by atoms with E-state index in [4.69, 9.17) is 9.47 Å². The lowest BCUT2D eigenvalue weighted by molar-refractivity contribution is -0.162. The van der Waals surface area contributed by atoms with Gasteiger partial charge >= 0.3 is 11.9 Å². The fraction of sp³-hybridized carbons (Fsp3) is 0.385. The van der Waals surface area contributed by atoms with Gasteiger partial charge in [0.15, 0.2) is 5.92 Å². The number of nitrogens with one attached hydrogen (secondary N) is 1. The minimum absolute atomic E-state index is 0.227. The van der Waals surface area contributed by atoms with Gasteiger partial charge in [-0.3, -0.25) is 24.5 Å². The van der Waals surface area contributed by atoms with Gasteiger partial charge in [0.25, 0.3) is 11.1 Å². The molecule has 2 aromatic carbocycles. The lowest BCUT2D eigenvalue weighted by Crippen LogP contribution is -2.28. The SMILES string of the molecule is CCC(C)OC(=O)C(CCCCCOc1ccc(C=C2SC(=O)NC2=O)c2ccccc12)C(=O)O. The number of hydrogen-bond acceptors (Lipinski definition) is 7. The fourth-order valence-corrected chi connectivity index (χ4v) is 4.30. The van der Waals surface area contributed by atoms with E-state index in [1.54, 1.807) is 13.0 Å². The van der Waals surface area contributed by atoms with Crippen LogP contribution in [-0.4, -0.2) is 40.9 Å². The van der Waals surface area contributed by atoms with Gasteiger partial charge < -0.3 is 14.6 Å². The predicted molar refractivity (Wildman–Crippen MR) is 134 cm³/mol. The number of benzene rings is 2. The molecule has 0 aromatic heterocycles. The van der Waals surface area contributed by atoms with Crippen molar-refractivity contribution < 1.29 is 33.8 Å². The molecular formula is C26H29NO7S. The van der Waals surface area contributed by atoms with Gasteiger partial charge in [0.05, 0.1) is 17.6 Å². The average Bonchev–Trinajstić information content (AvgIpc) is 3.15. The summed E-state index contributed by atoms with van der Waals surface area (Å²) in [7, 11) is 0. The lowest BCUT2D eigenvalue weighted by atomic mass is 10.0. The Balaban J connectivity index is 1.55. The molecule has 1 saturated heterocycles. The van der Waals surface area contributed by atoms with E-state index in [1.165, 1.54) is 0 Å². The number of imide groups is 1. The van der Waals surface area contributed by atoms with Crippen LogP contribution in [0.4, 0.5) is 4.79 Å². The highest BCUT2D eigenvalue weighted by Gasteiger charge is 2.28. The molecule has 0 radical (unpaired) electrons. The molecule has 186 valence electrons. The first-order valence-electron chi connectivity index (χ1n) is 11.6. The second kappa shape index (κ2) is 12.4. The van der Waals surface area contributed by atoms with Crippen molar-refractivity contribution in [2.45, 2.75) is 52.1 Å². The van der Waals surface area contributed by atoms with Crippen molar-refractivity contribution >= 4 is 51.7 Å². The van der Waals surface area contributed by atoms with Crippen molar-refractivity contribution in [1.29, 1.82) is 0 Å². The maximum atomic E-state index is 12.1. The smallest absolute Gasteiger partial charge is 0.320 e. The molecule has 2 amide bonds. The van der Waals surface area contributed by atoms with Crippen LogP contribution in [0.25, 0.3) is 16.8 Å². The molecule has 8 nitrogen and oxygen atoms in total. The van der Waals surface area contributed by atoms with Crippen molar-refractivity contribution in [3.8, 4) is 5.75 Å². The van der Waals surface area contributed by atoms with Crippen LogP contribution in [0.5, 0.6) is 5.75 Å². The Kier molecular flexibility index (Phi) is 9.31. The second-order valence-corrected chi connectivity index (χ2v) is 9.31. The van der Waals surface area contributed by atoms with Crippen LogP contribution in [0.15, 0.2) is 41.3 Å². The molecule has 1 heterocycles. The summed E-state index contributed by atoms with van der Waals surface area (Å²) >= 11 is 0.876. The molecule has 0 aliphatic carbocycles. The van der Waals surface area contributed by atoms with Gasteiger partial charge in [0.2, 0.25) is 0 Å². The van der Waals surface area contributed by atoms with Crippen LogP contribution in [0, 0.1) is 5.92 Å². The van der Waals surface area contributed by atoms with Crippen molar-refractivity contribution in [1.82, 2.24) is 5.32 Å². The first kappa shape index (κ1) is 26.3. The van der Waals surface area contributed by atoms with Gasteiger partial charge in [0.1, 0.15) is 5.75 Å². The summed E-state index contributed by atoms with van der Waals surface area (Å²) in [5, 5.41) is 13.0. The van der Waals surface area contributed by atoms with Gasteiger partial charge in [-0.05, 0) is 61.0 Å². The number of ether oxygens (including phenoxy) is 2. The zero-order chi connectivity index (χ0) is 25.4. The van der Waals surface area contributed by atoms with E-state index in [9.17, 15) is 24.3 Å². The number of fused-ring (bicyclic) bond motifs is 1. The first-order valence-corrected chi connectivity index (χ1v) is 12.4. The molecule has 2 unspecified atom stereocenters. The Labute approximate surface area is 208 Å². The maximum absolute atomic E-state index is 12.1. The van der Waals surface area contributed by atoms with Crippen LogP contribution in [0.2, 0.25) is 0 Å². The number of hydrogen-bond donors (Lipinski definition) is 2. The molecule has 2 atom stereocenters. The van der Waals surface area contributed by atoms with Gasteiger partial charge in [0, 0.05) is 5.39 Å². The molecule has 1 fully saturated rings. The van der Waals surface area contributed by atoms with E-state index in [0.717, 1.165) is 28.1 Å². The molecule has 35 heavy (non-hydrogen) atoms. The second-order valence-electron chi connectivity index (χ2n) is 8.30. The van der Waals surface area contributed by atoms with E-state index >= 15 is 0 Å². The van der Waals surface area contributed by atoms with E-state index in [2.05, 4.69) is 5.32 Å². The zero-order valence-corrected chi connectivity index (χ0v) is 20.6. The van der Waals surface area contributed by atoms with Crippen molar-refractivity contribution in [2.75, 3.05) is 6.61 Å². The molecule has 9 heteroatoms. The Morgan fingerprint density at radius 3 is 2.49 bits per heavy atom. The number of thioether (sulfide) groups is 1. The molecule has 0 bridgehead atoms. The molecule has 0 saturated carbocycles. The van der Waals surface area contributed by atoms with Gasteiger partial charge in [-0.25, -0.2) is 0 Å². The summed E-state index contributed by atoms with van der Waals surface area (Å²) in [6, 6.07) is 11.3. The highest BCUT2D eigenvalue weighted by molar-refractivity contribution is 8.18. The van der Waals surface area contributed by atoms with E-state index in [-0.39, 0.29) is 17.8 Å². The van der Waals surface area contributed by atoms with Crippen molar-refractivity contribution in [3.63, 3.8) is 0 Å². The largest absolute Gasteiger partial charge is 0.493 e. The van der Waals surface area contributed by atoms with E-state index in [0.29, 0.717) is 42.9 Å². The standard InChI is InChI=1S/C26H29NO7S/c1-3-16(2)34-25(31)20(24(29)30)11-5-4-8-14-33-21-13-12-17(18-9-6-7-10-19(18)21)15-22-23(28)27-26(32)35-22/h6-7,9-10,12-13,15-16,20H,3-5,8,11,14H2,1-2H3,(H,29,30)(H,27,28,32). The number of rotatable bonds is 12. The maximum Gasteiger partial charge on any atom is 0.320 e. The molecule has 3 rings (SSSR count). The minimum Gasteiger partial charge on any atom is -0.493 e. The Hall–Kier alpha value is -3.33. The molecule has 1 aliphatic rings. The fourth-order valence-electron chi connectivity index (χ4n) is 3.62. The van der Waals surface area contributed by atoms with Crippen LogP contribution >= 0.6 is 11.8 Å². The number of amides is 2. The Morgan fingerprint density at radius 1 is 1.09 bits per heavy atom. The summed E-state index contributed by atoms with van der Waals surface area (Å²) in [6.07, 6.45) is 4.24. The van der Waals surface area contributed by atoms with Crippen LogP contribution < -0.4 is 10.1 Å². The predicted octanol–water partition coefficient (Wildman–Crippen LogP) is 5.15. The number of esters is 1. The Morgan fingerprint density at radius 2 is 1.83 bits per heavy atom. The minimum atomic E-state index is -1.16. The number of carboxylic acid groups (broad SMARTS) is 1. The third kappa shape index (κ3) is 7.08. The molecular weight excluding hydrogens is 470 g/mol. The quantitative estimate of drug-likeness (QED) is 0.178. The van der Waals surface area contributed by atoms with Crippen LogP contribution in [0.3, 0.4) is 0 Å². The normalized spacial score (nSPS) is 16.2. The summed E-state index contributed by atoms with van der Waals surface area (Å²) in [5.74, 6) is -2.69. The number of aliphatic carboxylic acids is 1. The molecule has 2 N–H and O–H groups in total. The summed E-state index contributed by atoms with van der Waals surface area (Å²) in [4.78, 5) is 47.2. The summed E-state index contributed by atoms with van der Waals surface area (Å²) < 4.78 is 11.2. The summed E-state index contributed by atoms with van der Waals surface area (Å²) in [6.45, 7) is 4.05. The van der Waals surface area contributed by atoms with Gasteiger partial charge in [-0.1, -0.05) is 50.1 Å². The van der Waals surface area contributed by atoms with Crippen molar-refractivity contribution in [3.05, 3.63) is 46.9 Å². The number of unbranched alkanes of at least 4 members (excludes halogenated alkanes) is 2. The Bertz CT molecular complexity index is 1140. The number of carbonyl (C=O) groups excluding carboxylic acids is 3. The zero-order valence-electron chi connectivity index (χ0n) is 19.7.